The fraction of sp³-hybridized carbons (Fsp3) is 0.250. The summed E-state index contributed by atoms with van der Waals surface area (Å²) in [4.78, 5) is 0. The second-order valence-corrected chi connectivity index (χ2v) is 6.72. The third kappa shape index (κ3) is 4.13. The Labute approximate surface area is 157 Å². The van der Waals surface area contributed by atoms with Crippen LogP contribution in [0, 0.1) is 5.82 Å². The molecule has 3 rings (SSSR count). The standard InChI is InChI=1S/C20H24FN5O/c1-11(2)27-18-10-17(25-26-18)24-20-16(23)9-8-15(22)19(20)12(3)13-4-6-14(21)7-5-13/h4-12H,22-23H2,1-3H3,(H2,24,25,26)/t12-/m0/s1. The van der Waals surface area contributed by atoms with Gasteiger partial charge >= 0.3 is 0 Å². The molecule has 0 saturated carbocycles. The Morgan fingerprint density at radius 3 is 2.37 bits per heavy atom. The lowest BCUT2D eigenvalue weighted by Gasteiger charge is -2.21. The molecular formula is C20H24FN5O. The van der Waals surface area contributed by atoms with Gasteiger partial charge in [-0.2, -0.15) is 0 Å². The first-order valence-corrected chi connectivity index (χ1v) is 8.77. The molecule has 3 aromatic rings. The van der Waals surface area contributed by atoms with Gasteiger partial charge in [-0.3, -0.25) is 5.10 Å². The summed E-state index contributed by atoms with van der Waals surface area (Å²) >= 11 is 0. The number of hydrogen-bond acceptors (Lipinski definition) is 5. The smallest absolute Gasteiger partial charge is 0.234 e. The molecule has 0 spiro atoms. The van der Waals surface area contributed by atoms with E-state index >= 15 is 0 Å². The highest BCUT2D eigenvalue weighted by molar-refractivity contribution is 5.81. The molecule has 142 valence electrons. The molecule has 0 unspecified atom stereocenters. The third-order valence-electron chi connectivity index (χ3n) is 4.28. The Morgan fingerprint density at radius 1 is 1.04 bits per heavy atom. The van der Waals surface area contributed by atoms with Gasteiger partial charge in [0.05, 0.1) is 17.5 Å². The molecule has 0 amide bonds. The predicted octanol–water partition coefficient (Wildman–Crippen LogP) is 4.40. The van der Waals surface area contributed by atoms with Crippen molar-refractivity contribution in [2.75, 3.05) is 16.8 Å². The Bertz CT molecular complexity index is 921. The summed E-state index contributed by atoms with van der Waals surface area (Å²) in [7, 11) is 0. The number of H-pyrrole nitrogens is 1. The molecule has 0 aliphatic carbocycles. The van der Waals surface area contributed by atoms with E-state index in [0.29, 0.717) is 28.8 Å². The van der Waals surface area contributed by atoms with Gasteiger partial charge in [-0.15, -0.1) is 5.10 Å². The van der Waals surface area contributed by atoms with Gasteiger partial charge in [0, 0.05) is 23.2 Å². The van der Waals surface area contributed by atoms with E-state index in [2.05, 4.69) is 15.5 Å². The van der Waals surface area contributed by atoms with Crippen molar-refractivity contribution in [1.82, 2.24) is 10.2 Å². The molecule has 0 aliphatic heterocycles. The molecule has 6 nitrogen and oxygen atoms in total. The van der Waals surface area contributed by atoms with Crippen molar-refractivity contribution in [2.24, 2.45) is 0 Å². The molecule has 1 atom stereocenters. The average Bonchev–Trinajstić information content (AvgIpc) is 3.05. The monoisotopic (exact) mass is 369 g/mol. The van der Waals surface area contributed by atoms with E-state index < -0.39 is 0 Å². The van der Waals surface area contributed by atoms with Crippen LogP contribution in [-0.2, 0) is 0 Å². The molecule has 1 aromatic heterocycles. The number of aromatic amines is 1. The van der Waals surface area contributed by atoms with Gasteiger partial charge < -0.3 is 21.5 Å². The van der Waals surface area contributed by atoms with E-state index in [1.54, 1.807) is 30.3 Å². The predicted molar refractivity (Wildman–Crippen MR) is 107 cm³/mol. The molecule has 7 heteroatoms. The van der Waals surface area contributed by atoms with Crippen LogP contribution < -0.4 is 21.5 Å². The minimum atomic E-state index is -0.278. The number of ether oxygens (including phenoxy) is 1. The Balaban J connectivity index is 1.96. The highest BCUT2D eigenvalue weighted by Gasteiger charge is 2.19. The minimum absolute atomic E-state index is 0.0210. The maximum absolute atomic E-state index is 13.3. The molecule has 27 heavy (non-hydrogen) atoms. The van der Waals surface area contributed by atoms with Gasteiger partial charge in [0.2, 0.25) is 5.88 Å². The lowest BCUT2D eigenvalue weighted by molar-refractivity contribution is 0.232. The normalized spacial score (nSPS) is 12.2. The average molecular weight is 369 g/mol. The van der Waals surface area contributed by atoms with Gasteiger partial charge in [-0.25, -0.2) is 4.39 Å². The Morgan fingerprint density at radius 2 is 1.70 bits per heavy atom. The van der Waals surface area contributed by atoms with E-state index in [1.165, 1.54) is 12.1 Å². The lowest BCUT2D eigenvalue weighted by atomic mass is 9.90. The maximum Gasteiger partial charge on any atom is 0.234 e. The van der Waals surface area contributed by atoms with Crippen LogP contribution in [0.2, 0.25) is 0 Å². The number of nitrogens with two attached hydrogens (primary N) is 2. The first kappa shape index (κ1) is 18.6. The summed E-state index contributed by atoms with van der Waals surface area (Å²) < 4.78 is 18.8. The van der Waals surface area contributed by atoms with Crippen LogP contribution in [0.1, 0.15) is 37.8 Å². The largest absolute Gasteiger partial charge is 0.474 e. The van der Waals surface area contributed by atoms with E-state index in [9.17, 15) is 4.39 Å². The van der Waals surface area contributed by atoms with Crippen molar-refractivity contribution < 1.29 is 9.13 Å². The topological polar surface area (TPSA) is 102 Å². The molecule has 2 aromatic carbocycles. The van der Waals surface area contributed by atoms with Crippen molar-refractivity contribution in [1.29, 1.82) is 0 Å². The zero-order chi connectivity index (χ0) is 19.6. The van der Waals surface area contributed by atoms with Crippen LogP contribution in [0.5, 0.6) is 5.88 Å². The van der Waals surface area contributed by atoms with Crippen molar-refractivity contribution >= 4 is 22.9 Å². The number of nitrogens with one attached hydrogen (secondary N) is 2. The second kappa shape index (κ2) is 7.57. The fourth-order valence-electron chi connectivity index (χ4n) is 2.98. The third-order valence-corrected chi connectivity index (χ3v) is 4.28. The summed E-state index contributed by atoms with van der Waals surface area (Å²) in [6.45, 7) is 5.87. The first-order chi connectivity index (χ1) is 12.8. The van der Waals surface area contributed by atoms with Crippen LogP contribution in [0.4, 0.5) is 27.3 Å². The van der Waals surface area contributed by atoms with E-state index in [0.717, 1.165) is 11.1 Å². The van der Waals surface area contributed by atoms with E-state index in [4.69, 9.17) is 16.2 Å². The quantitative estimate of drug-likeness (QED) is 0.483. The molecule has 6 N–H and O–H groups in total. The summed E-state index contributed by atoms with van der Waals surface area (Å²) in [5.74, 6) is 0.754. The Hall–Kier alpha value is -3.22. The lowest BCUT2D eigenvalue weighted by Crippen LogP contribution is -2.08. The SMILES string of the molecule is CC(C)Oc1cc(Nc2c(N)ccc(N)c2[C@@H](C)c2ccc(F)cc2)[nH]n1. The highest BCUT2D eigenvalue weighted by Crippen LogP contribution is 2.39. The molecule has 0 fully saturated rings. The number of nitrogen functional groups attached to an aromatic ring is 2. The number of rotatable bonds is 6. The number of halogens is 1. The van der Waals surface area contributed by atoms with Crippen LogP contribution in [0.15, 0.2) is 42.5 Å². The maximum atomic E-state index is 13.3. The van der Waals surface area contributed by atoms with Gasteiger partial charge in [0.25, 0.3) is 0 Å². The molecule has 1 heterocycles. The van der Waals surface area contributed by atoms with Crippen molar-refractivity contribution in [3.63, 3.8) is 0 Å². The molecule has 0 saturated heterocycles. The number of anilines is 4. The summed E-state index contributed by atoms with van der Waals surface area (Å²) in [5, 5.41) is 10.3. The fourth-order valence-corrected chi connectivity index (χ4v) is 2.98. The zero-order valence-corrected chi connectivity index (χ0v) is 15.6. The molecule has 0 bridgehead atoms. The molecular weight excluding hydrogens is 345 g/mol. The number of hydrogen-bond donors (Lipinski definition) is 4. The van der Waals surface area contributed by atoms with Crippen molar-refractivity contribution in [3.05, 3.63) is 59.4 Å². The number of benzene rings is 2. The van der Waals surface area contributed by atoms with Crippen LogP contribution in [-0.4, -0.2) is 16.3 Å². The van der Waals surface area contributed by atoms with Crippen LogP contribution >= 0.6 is 0 Å². The van der Waals surface area contributed by atoms with E-state index in [-0.39, 0.29) is 17.8 Å². The highest BCUT2D eigenvalue weighted by atomic mass is 19.1. The molecule has 0 aliphatic rings. The minimum Gasteiger partial charge on any atom is -0.474 e. The summed E-state index contributed by atoms with van der Waals surface area (Å²) in [6.07, 6.45) is 0.0210. The number of nitrogens with zero attached hydrogens (tertiary/aromatic N) is 1. The van der Waals surface area contributed by atoms with Crippen molar-refractivity contribution in [3.8, 4) is 5.88 Å². The van der Waals surface area contributed by atoms with Crippen LogP contribution in [0.3, 0.4) is 0 Å². The van der Waals surface area contributed by atoms with Crippen LogP contribution in [0.25, 0.3) is 0 Å². The van der Waals surface area contributed by atoms with E-state index in [1.807, 2.05) is 20.8 Å². The zero-order valence-electron chi connectivity index (χ0n) is 15.6. The molecule has 0 radical (unpaired) electrons. The van der Waals surface area contributed by atoms with Gasteiger partial charge in [-0.05, 0) is 43.7 Å². The van der Waals surface area contributed by atoms with Gasteiger partial charge in [0.1, 0.15) is 11.6 Å². The van der Waals surface area contributed by atoms with Crippen molar-refractivity contribution in [2.45, 2.75) is 32.8 Å². The van der Waals surface area contributed by atoms with Gasteiger partial charge in [-0.1, -0.05) is 19.1 Å². The first-order valence-electron chi connectivity index (χ1n) is 8.77. The summed E-state index contributed by atoms with van der Waals surface area (Å²) in [6, 6.07) is 11.7. The second-order valence-electron chi connectivity index (χ2n) is 6.72. The Kier molecular flexibility index (Phi) is 5.21. The summed E-state index contributed by atoms with van der Waals surface area (Å²) in [5.41, 5.74) is 16.1. The number of aromatic nitrogens is 2. The van der Waals surface area contributed by atoms with Gasteiger partial charge in [0.15, 0.2) is 0 Å².